The van der Waals surface area contributed by atoms with Crippen molar-refractivity contribution in [1.82, 2.24) is 14.4 Å². The summed E-state index contributed by atoms with van der Waals surface area (Å²) < 4.78 is 22.9. The van der Waals surface area contributed by atoms with E-state index in [4.69, 9.17) is 4.74 Å². The number of aromatic nitrogens is 1. The van der Waals surface area contributed by atoms with Crippen LogP contribution >= 0.6 is 0 Å². The third kappa shape index (κ3) is 5.46. The molecule has 3 aromatic carbocycles. The van der Waals surface area contributed by atoms with E-state index in [2.05, 4.69) is 46.9 Å². The molecule has 1 amide bonds. The van der Waals surface area contributed by atoms with Gasteiger partial charge in [-0.1, -0.05) is 55.0 Å². The lowest BCUT2D eigenvalue weighted by molar-refractivity contribution is -0.133. The third-order valence-corrected chi connectivity index (χ3v) is 7.78. The largest absolute Gasteiger partial charge is 0.497 e. The molecule has 38 heavy (non-hydrogen) atoms. The van der Waals surface area contributed by atoms with Crippen LogP contribution in [-0.4, -0.2) is 60.1 Å². The van der Waals surface area contributed by atoms with Gasteiger partial charge in [-0.2, -0.15) is 0 Å². The number of nitrogens with zero attached hydrogens (tertiary/aromatic N) is 3. The van der Waals surface area contributed by atoms with Crippen LogP contribution in [0.15, 0.2) is 72.9 Å². The van der Waals surface area contributed by atoms with Crippen LogP contribution in [0.4, 0.5) is 4.39 Å². The Morgan fingerprint density at radius 2 is 1.71 bits per heavy atom. The zero-order chi connectivity index (χ0) is 26.6. The molecule has 0 aliphatic carbocycles. The standard InChI is InChI=1S/C32H36FN3O2/c1-4-34-15-17-35(18-16-34)32(37)20-27(28-19-23(2)9-14-30(28)33)29-22-36(31-8-6-5-7-26(29)31)21-24-10-12-25(38-3)13-11-24/h5-14,19,22,27H,4,15-18,20-21H2,1-3H3. The molecule has 0 radical (unpaired) electrons. The fraction of sp³-hybridized carbons (Fsp3) is 0.344. The molecule has 0 saturated carbocycles. The highest BCUT2D eigenvalue weighted by Crippen LogP contribution is 2.37. The summed E-state index contributed by atoms with van der Waals surface area (Å²) in [6.45, 7) is 8.98. The Morgan fingerprint density at radius 1 is 0.974 bits per heavy atom. The smallest absolute Gasteiger partial charge is 0.223 e. The predicted octanol–water partition coefficient (Wildman–Crippen LogP) is 5.83. The Morgan fingerprint density at radius 3 is 2.42 bits per heavy atom. The summed E-state index contributed by atoms with van der Waals surface area (Å²) in [5, 5.41) is 1.05. The van der Waals surface area contributed by atoms with E-state index < -0.39 is 0 Å². The molecule has 198 valence electrons. The van der Waals surface area contributed by atoms with Crippen LogP contribution in [0.25, 0.3) is 10.9 Å². The molecular formula is C32H36FN3O2. The van der Waals surface area contributed by atoms with E-state index >= 15 is 4.39 Å². The lowest BCUT2D eigenvalue weighted by Gasteiger charge is -2.35. The van der Waals surface area contributed by atoms with Gasteiger partial charge in [0.15, 0.2) is 0 Å². The number of fused-ring (bicyclic) bond motifs is 1. The van der Waals surface area contributed by atoms with Gasteiger partial charge in [-0.25, -0.2) is 4.39 Å². The van der Waals surface area contributed by atoms with Gasteiger partial charge in [-0.05, 0) is 54.4 Å². The lowest BCUT2D eigenvalue weighted by atomic mass is 9.86. The van der Waals surface area contributed by atoms with Gasteiger partial charge < -0.3 is 19.1 Å². The second-order valence-corrected chi connectivity index (χ2v) is 10.2. The van der Waals surface area contributed by atoms with Crippen molar-refractivity contribution in [2.75, 3.05) is 39.8 Å². The number of piperazine rings is 1. The highest BCUT2D eigenvalue weighted by atomic mass is 19.1. The first-order valence-electron chi connectivity index (χ1n) is 13.4. The molecule has 5 rings (SSSR count). The van der Waals surface area contributed by atoms with Crippen LogP contribution < -0.4 is 4.74 Å². The molecule has 0 spiro atoms. The number of likely N-dealkylation sites (N-methyl/N-ethyl adjacent to an activating group) is 1. The molecular weight excluding hydrogens is 477 g/mol. The van der Waals surface area contributed by atoms with Gasteiger partial charge in [0.2, 0.25) is 5.91 Å². The third-order valence-electron chi connectivity index (χ3n) is 7.78. The SMILES string of the molecule is CCN1CCN(C(=O)CC(c2cc(C)ccc2F)c2cn(Cc3ccc(OC)cc3)c3ccccc23)CC1. The van der Waals surface area contributed by atoms with Crippen LogP contribution in [0.1, 0.15) is 41.5 Å². The lowest BCUT2D eigenvalue weighted by Crippen LogP contribution is -2.48. The van der Waals surface area contributed by atoms with Crippen LogP contribution in [-0.2, 0) is 11.3 Å². The van der Waals surface area contributed by atoms with E-state index in [-0.39, 0.29) is 24.1 Å². The monoisotopic (exact) mass is 513 g/mol. The van der Waals surface area contributed by atoms with Crippen molar-refractivity contribution in [3.05, 3.63) is 101 Å². The Hall–Kier alpha value is -3.64. The maximum atomic E-state index is 15.4. The summed E-state index contributed by atoms with van der Waals surface area (Å²) in [5.41, 5.74) is 4.76. The van der Waals surface area contributed by atoms with Crippen LogP contribution in [0.3, 0.4) is 0 Å². The number of rotatable bonds is 8. The second kappa shape index (κ2) is 11.4. The van der Waals surface area contributed by atoms with Gasteiger partial charge in [0.25, 0.3) is 0 Å². The highest BCUT2D eigenvalue weighted by molar-refractivity contribution is 5.87. The quantitative estimate of drug-likeness (QED) is 0.297. The summed E-state index contributed by atoms with van der Waals surface area (Å²) in [6, 6.07) is 21.5. The first kappa shape index (κ1) is 26.0. The zero-order valence-electron chi connectivity index (χ0n) is 22.5. The molecule has 0 bridgehead atoms. The summed E-state index contributed by atoms with van der Waals surface area (Å²) in [4.78, 5) is 17.9. The predicted molar refractivity (Wildman–Crippen MR) is 150 cm³/mol. The van der Waals surface area contributed by atoms with Gasteiger partial charge in [-0.3, -0.25) is 4.79 Å². The highest BCUT2D eigenvalue weighted by Gasteiger charge is 2.28. The van der Waals surface area contributed by atoms with Crippen molar-refractivity contribution >= 4 is 16.8 Å². The van der Waals surface area contributed by atoms with E-state index in [1.54, 1.807) is 13.2 Å². The fourth-order valence-electron chi connectivity index (χ4n) is 5.55. The number of benzene rings is 3. The molecule has 1 aromatic heterocycles. The Kier molecular flexibility index (Phi) is 7.79. The normalized spacial score (nSPS) is 15.1. The van der Waals surface area contributed by atoms with Crippen molar-refractivity contribution in [3.8, 4) is 5.75 Å². The summed E-state index contributed by atoms with van der Waals surface area (Å²) in [5.74, 6) is 0.253. The van der Waals surface area contributed by atoms with E-state index in [9.17, 15) is 4.79 Å². The average molecular weight is 514 g/mol. The molecule has 1 saturated heterocycles. The second-order valence-electron chi connectivity index (χ2n) is 10.2. The molecule has 2 heterocycles. The molecule has 1 aliphatic heterocycles. The van der Waals surface area contributed by atoms with Gasteiger partial charge in [0.1, 0.15) is 11.6 Å². The Balaban J connectivity index is 1.53. The number of carbonyl (C=O) groups is 1. The first-order chi connectivity index (χ1) is 18.5. The van der Waals surface area contributed by atoms with Crippen LogP contribution in [0.5, 0.6) is 5.75 Å². The van der Waals surface area contributed by atoms with Gasteiger partial charge in [0.05, 0.1) is 7.11 Å². The molecule has 1 atom stereocenters. The molecule has 6 heteroatoms. The molecule has 4 aromatic rings. The van der Waals surface area contributed by atoms with Gasteiger partial charge >= 0.3 is 0 Å². The van der Waals surface area contributed by atoms with Gasteiger partial charge in [-0.15, -0.1) is 0 Å². The van der Waals surface area contributed by atoms with Crippen molar-refractivity contribution < 1.29 is 13.9 Å². The molecule has 1 fully saturated rings. The summed E-state index contributed by atoms with van der Waals surface area (Å²) in [7, 11) is 1.66. The number of methoxy groups -OCH3 is 1. The van der Waals surface area contributed by atoms with Gasteiger partial charge in [0, 0.05) is 62.2 Å². The number of amides is 1. The number of hydrogen-bond acceptors (Lipinski definition) is 3. The van der Waals surface area contributed by atoms with Crippen molar-refractivity contribution in [2.24, 2.45) is 0 Å². The molecule has 1 unspecified atom stereocenters. The molecule has 5 nitrogen and oxygen atoms in total. The number of hydrogen-bond donors (Lipinski definition) is 0. The number of carbonyl (C=O) groups excluding carboxylic acids is 1. The average Bonchev–Trinajstić information content (AvgIpc) is 3.31. The number of ether oxygens (including phenoxy) is 1. The van der Waals surface area contributed by atoms with E-state index in [1.165, 1.54) is 6.07 Å². The van der Waals surface area contributed by atoms with Crippen LogP contribution in [0, 0.1) is 12.7 Å². The first-order valence-corrected chi connectivity index (χ1v) is 13.4. The zero-order valence-corrected chi connectivity index (χ0v) is 22.5. The Labute approximate surface area is 224 Å². The topological polar surface area (TPSA) is 37.7 Å². The minimum Gasteiger partial charge on any atom is -0.497 e. The van der Waals surface area contributed by atoms with Crippen LogP contribution in [0.2, 0.25) is 0 Å². The maximum Gasteiger partial charge on any atom is 0.223 e. The number of aryl methyl sites for hydroxylation is 1. The van der Waals surface area contributed by atoms with Crippen molar-refractivity contribution in [3.63, 3.8) is 0 Å². The van der Waals surface area contributed by atoms with E-state index in [1.807, 2.05) is 42.2 Å². The number of para-hydroxylation sites is 1. The number of halogens is 1. The van der Waals surface area contributed by atoms with E-state index in [0.717, 1.165) is 66.1 Å². The minimum atomic E-state index is -0.381. The summed E-state index contributed by atoms with van der Waals surface area (Å²) in [6.07, 6.45) is 2.35. The van der Waals surface area contributed by atoms with E-state index in [0.29, 0.717) is 12.1 Å². The molecule has 1 aliphatic rings. The summed E-state index contributed by atoms with van der Waals surface area (Å²) >= 11 is 0. The maximum absolute atomic E-state index is 15.4. The fourth-order valence-corrected chi connectivity index (χ4v) is 5.55. The Bertz CT molecular complexity index is 1400. The van der Waals surface area contributed by atoms with Crippen molar-refractivity contribution in [1.29, 1.82) is 0 Å². The molecule has 0 N–H and O–H groups in total. The van der Waals surface area contributed by atoms with Crippen molar-refractivity contribution in [2.45, 2.75) is 32.7 Å². The minimum absolute atomic E-state index is 0.0821.